The SMILES string of the molecule is O=C(O)/C=C/c1c(-c2ccc3ccccc3c2)nc2ccccn12. The van der Waals surface area contributed by atoms with E-state index in [2.05, 4.69) is 29.2 Å². The van der Waals surface area contributed by atoms with E-state index >= 15 is 0 Å². The molecule has 0 fully saturated rings. The van der Waals surface area contributed by atoms with Gasteiger partial charge in [-0.2, -0.15) is 0 Å². The number of carboxylic acid groups (broad SMARTS) is 1. The molecule has 2 heterocycles. The second-order valence-corrected chi connectivity index (χ2v) is 5.51. The number of imidazole rings is 1. The van der Waals surface area contributed by atoms with E-state index in [0.29, 0.717) is 0 Å². The smallest absolute Gasteiger partial charge is 0.328 e. The zero-order chi connectivity index (χ0) is 16.5. The van der Waals surface area contributed by atoms with Gasteiger partial charge in [0.1, 0.15) is 5.65 Å². The lowest BCUT2D eigenvalue weighted by Crippen LogP contribution is -1.90. The molecule has 2 aromatic carbocycles. The first kappa shape index (κ1) is 14.2. The fourth-order valence-electron chi connectivity index (χ4n) is 2.87. The molecule has 4 rings (SSSR count). The lowest BCUT2D eigenvalue weighted by atomic mass is 10.0. The summed E-state index contributed by atoms with van der Waals surface area (Å²) in [4.78, 5) is 15.6. The van der Waals surface area contributed by atoms with E-state index in [9.17, 15) is 4.79 Å². The van der Waals surface area contributed by atoms with Crippen LogP contribution in [0.15, 0.2) is 72.9 Å². The van der Waals surface area contributed by atoms with Gasteiger partial charge in [-0.1, -0.05) is 42.5 Å². The molecule has 0 saturated heterocycles. The lowest BCUT2D eigenvalue weighted by molar-refractivity contribution is -0.131. The Morgan fingerprint density at radius 3 is 2.62 bits per heavy atom. The number of hydrogen-bond donors (Lipinski definition) is 1. The maximum absolute atomic E-state index is 10.9. The number of benzene rings is 2. The molecule has 0 aliphatic heterocycles. The van der Waals surface area contributed by atoms with E-state index < -0.39 is 5.97 Å². The quantitative estimate of drug-likeness (QED) is 0.575. The van der Waals surface area contributed by atoms with Gasteiger partial charge in [0.05, 0.1) is 11.4 Å². The number of hydrogen-bond acceptors (Lipinski definition) is 2. The Bertz CT molecular complexity index is 1090. The Balaban J connectivity index is 1.97. The molecule has 0 aliphatic carbocycles. The summed E-state index contributed by atoms with van der Waals surface area (Å²) >= 11 is 0. The van der Waals surface area contributed by atoms with Crippen LogP contribution in [0.4, 0.5) is 0 Å². The second kappa shape index (κ2) is 5.66. The van der Waals surface area contributed by atoms with Crippen LogP contribution in [0.5, 0.6) is 0 Å². The van der Waals surface area contributed by atoms with Crippen molar-refractivity contribution in [2.75, 3.05) is 0 Å². The number of carbonyl (C=O) groups is 1. The fraction of sp³-hybridized carbons (Fsp3) is 0. The molecule has 2 aromatic heterocycles. The zero-order valence-corrected chi connectivity index (χ0v) is 12.8. The van der Waals surface area contributed by atoms with Crippen molar-refractivity contribution < 1.29 is 9.90 Å². The van der Waals surface area contributed by atoms with Crippen molar-refractivity contribution in [2.24, 2.45) is 0 Å². The summed E-state index contributed by atoms with van der Waals surface area (Å²) in [6.45, 7) is 0. The van der Waals surface area contributed by atoms with E-state index in [1.165, 1.54) is 0 Å². The van der Waals surface area contributed by atoms with E-state index in [1.54, 1.807) is 6.08 Å². The van der Waals surface area contributed by atoms with Gasteiger partial charge in [-0.25, -0.2) is 9.78 Å². The average molecular weight is 314 g/mol. The fourth-order valence-corrected chi connectivity index (χ4v) is 2.87. The van der Waals surface area contributed by atoms with Crippen LogP contribution in [-0.2, 0) is 4.79 Å². The minimum Gasteiger partial charge on any atom is -0.478 e. The normalized spacial score (nSPS) is 11.5. The lowest BCUT2D eigenvalue weighted by Gasteiger charge is -2.03. The van der Waals surface area contributed by atoms with Crippen molar-refractivity contribution in [1.82, 2.24) is 9.38 Å². The third-order valence-corrected chi connectivity index (χ3v) is 3.97. The van der Waals surface area contributed by atoms with Crippen molar-refractivity contribution in [3.8, 4) is 11.3 Å². The summed E-state index contributed by atoms with van der Waals surface area (Å²) in [7, 11) is 0. The highest BCUT2D eigenvalue weighted by Gasteiger charge is 2.12. The van der Waals surface area contributed by atoms with Crippen molar-refractivity contribution in [2.45, 2.75) is 0 Å². The number of pyridine rings is 1. The minimum atomic E-state index is -0.981. The Morgan fingerprint density at radius 1 is 1.00 bits per heavy atom. The van der Waals surface area contributed by atoms with Crippen LogP contribution in [0, 0.1) is 0 Å². The Kier molecular flexibility index (Phi) is 3.35. The van der Waals surface area contributed by atoms with Gasteiger partial charge >= 0.3 is 5.97 Å². The number of fused-ring (bicyclic) bond motifs is 2. The van der Waals surface area contributed by atoms with E-state index in [-0.39, 0.29) is 0 Å². The van der Waals surface area contributed by atoms with Crippen LogP contribution < -0.4 is 0 Å². The third-order valence-electron chi connectivity index (χ3n) is 3.97. The molecule has 1 N–H and O–H groups in total. The number of aromatic nitrogens is 2. The standard InChI is InChI=1S/C20H14N2O2/c23-19(24)11-10-17-20(21-18-7-3-4-12-22(17)18)16-9-8-14-5-1-2-6-15(14)13-16/h1-13H,(H,23,24)/b11-10+. The first-order valence-corrected chi connectivity index (χ1v) is 7.60. The molecule has 4 nitrogen and oxygen atoms in total. The topological polar surface area (TPSA) is 54.6 Å². The first-order chi connectivity index (χ1) is 11.7. The Morgan fingerprint density at radius 2 is 1.79 bits per heavy atom. The third kappa shape index (κ3) is 2.44. The molecule has 0 saturated carbocycles. The van der Waals surface area contributed by atoms with Crippen molar-refractivity contribution in [3.63, 3.8) is 0 Å². The Labute approximate surface area is 138 Å². The van der Waals surface area contributed by atoms with E-state index in [4.69, 9.17) is 5.11 Å². The number of rotatable bonds is 3. The predicted molar refractivity (Wildman–Crippen MR) is 94.8 cm³/mol. The van der Waals surface area contributed by atoms with Gasteiger partial charge in [0.15, 0.2) is 0 Å². The highest BCUT2D eigenvalue weighted by Crippen LogP contribution is 2.28. The van der Waals surface area contributed by atoms with Crippen LogP contribution in [0.3, 0.4) is 0 Å². The van der Waals surface area contributed by atoms with Crippen molar-refractivity contribution in [1.29, 1.82) is 0 Å². The van der Waals surface area contributed by atoms with E-state index in [0.717, 1.165) is 39.4 Å². The summed E-state index contributed by atoms with van der Waals surface area (Å²) in [6.07, 6.45) is 4.61. The molecule has 0 radical (unpaired) electrons. The molecule has 0 aliphatic rings. The largest absolute Gasteiger partial charge is 0.478 e. The van der Waals surface area contributed by atoms with Crippen LogP contribution in [0.25, 0.3) is 33.8 Å². The molecule has 0 atom stereocenters. The van der Waals surface area contributed by atoms with Crippen LogP contribution in [0.2, 0.25) is 0 Å². The summed E-state index contributed by atoms with van der Waals surface area (Å²) in [5, 5.41) is 11.3. The van der Waals surface area contributed by atoms with Crippen LogP contribution in [0.1, 0.15) is 5.69 Å². The highest BCUT2D eigenvalue weighted by atomic mass is 16.4. The maximum atomic E-state index is 10.9. The molecular weight excluding hydrogens is 300 g/mol. The predicted octanol–water partition coefficient (Wildman–Crippen LogP) is 4.25. The molecule has 24 heavy (non-hydrogen) atoms. The molecule has 0 spiro atoms. The average Bonchev–Trinajstić information content (AvgIpc) is 2.98. The van der Waals surface area contributed by atoms with Gasteiger partial charge in [-0.15, -0.1) is 0 Å². The van der Waals surface area contributed by atoms with Gasteiger partial charge in [0, 0.05) is 17.8 Å². The number of nitrogens with zero attached hydrogens (tertiary/aromatic N) is 2. The number of aliphatic carboxylic acids is 1. The van der Waals surface area contributed by atoms with Gasteiger partial charge in [-0.05, 0) is 35.0 Å². The second-order valence-electron chi connectivity index (χ2n) is 5.51. The Hall–Kier alpha value is -3.40. The van der Waals surface area contributed by atoms with Crippen LogP contribution in [-0.4, -0.2) is 20.5 Å². The first-order valence-electron chi connectivity index (χ1n) is 7.60. The maximum Gasteiger partial charge on any atom is 0.328 e. The van der Waals surface area contributed by atoms with Crippen LogP contribution >= 0.6 is 0 Å². The van der Waals surface area contributed by atoms with E-state index in [1.807, 2.05) is 47.0 Å². The monoisotopic (exact) mass is 314 g/mol. The molecular formula is C20H14N2O2. The van der Waals surface area contributed by atoms with Crippen molar-refractivity contribution >= 4 is 28.5 Å². The molecule has 0 bridgehead atoms. The van der Waals surface area contributed by atoms with Gasteiger partial charge in [-0.3, -0.25) is 4.40 Å². The zero-order valence-electron chi connectivity index (χ0n) is 12.8. The molecule has 116 valence electrons. The summed E-state index contributed by atoms with van der Waals surface area (Å²) in [5.41, 5.74) is 3.26. The molecule has 0 amide bonds. The van der Waals surface area contributed by atoms with Gasteiger partial charge in [0.2, 0.25) is 0 Å². The van der Waals surface area contributed by atoms with Gasteiger partial charge in [0.25, 0.3) is 0 Å². The highest BCUT2D eigenvalue weighted by molar-refractivity contribution is 5.90. The molecule has 4 aromatic rings. The molecule has 4 heteroatoms. The minimum absolute atomic E-state index is 0.753. The summed E-state index contributed by atoms with van der Waals surface area (Å²) in [5.74, 6) is -0.981. The summed E-state index contributed by atoms with van der Waals surface area (Å²) < 4.78 is 1.89. The summed E-state index contributed by atoms with van der Waals surface area (Å²) in [6, 6.07) is 20.0. The number of carboxylic acids is 1. The van der Waals surface area contributed by atoms with Crippen molar-refractivity contribution in [3.05, 3.63) is 78.6 Å². The van der Waals surface area contributed by atoms with Gasteiger partial charge < -0.3 is 5.11 Å². The molecule has 0 unspecified atom stereocenters.